The van der Waals surface area contributed by atoms with E-state index in [0.717, 1.165) is 23.3 Å². The smallest absolute Gasteiger partial charge is 0.0612 e. The SMILES string of the molecule is CC#Cc1cc(C)c(C2CC3C4CCC(O4)C3C2)c(C)c1. The van der Waals surface area contributed by atoms with E-state index >= 15 is 0 Å². The molecule has 0 aromatic heterocycles. The van der Waals surface area contributed by atoms with Crippen molar-refractivity contribution in [3.8, 4) is 11.8 Å². The minimum Gasteiger partial charge on any atom is -0.374 e. The molecule has 1 heteroatoms. The van der Waals surface area contributed by atoms with Gasteiger partial charge in [-0.25, -0.2) is 0 Å². The van der Waals surface area contributed by atoms with Crippen LogP contribution in [0.2, 0.25) is 0 Å². The lowest BCUT2D eigenvalue weighted by Crippen LogP contribution is -2.21. The normalized spacial score (nSPS) is 36.4. The Bertz CT molecular complexity index is 592. The number of aryl methyl sites for hydroxylation is 2. The number of ether oxygens (including phenoxy) is 1. The van der Waals surface area contributed by atoms with Gasteiger partial charge in [-0.1, -0.05) is 5.92 Å². The van der Waals surface area contributed by atoms with Gasteiger partial charge < -0.3 is 4.74 Å². The topological polar surface area (TPSA) is 9.23 Å². The first-order chi connectivity index (χ1) is 10.2. The first-order valence-electron chi connectivity index (χ1n) is 8.36. The minimum absolute atomic E-state index is 0.579. The zero-order chi connectivity index (χ0) is 14.6. The summed E-state index contributed by atoms with van der Waals surface area (Å²) in [6, 6.07) is 4.55. The van der Waals surface area contributed by atoms with Crippen LogP contribution >= 0.6 is 0 Å². The van der Waals surface area contributed by atoms with Gasteiger partial charge in [-0.05, 0) is 93.0 Å². The highest BCUT2D eigenvalue weighted by molar-refractivity contribution is 5.46. The monoisotopic (exact) mass is 280 g/mol. The number of rotatable bonds is 1. The lowest BCUT2D eigenvalue weighted by atomic mass is 9.82. The molecule has 110 valence electrons. The highest BCUT2D eigenvalue weighted by Crippen LogP contribution is 2.56. The molecule has 4 unspecified atom stereocenters. The van der Waals surface area contributed by atoms with Gasteiger partial charge in [0, 0.05) is 5.56 Å². The summed E-state index contributed by atoms with van der Waals surface area (Å²) >= 11 is 0. The quantitative estimate of drug-likeness (QED) is 0.695. The number of benzene rings is 1. The fourth-order valence-electron chi connectivity index (χ4n) is 5.35. The van der Waals surface area contributed by atoms with Crippen LogP contribution in [0, 0.1) is 37.5 Å². The summed E-state index contributed by atoms with van der Waals surface area (Å²) in [6.07, 6.45) is 6.45. The third-order valence-electron chi connectivity index (χ3n) is 5.97. The Labute approximate surface area is 128 Å². The molecular formula is C20H24O. The molecule has 1 aliphatic carbocycles. The molecule has 3 aliphatic rings. The van der Waals surface area contributed by atoms with Crippen molar-refractivity contribution in [3.05, 3.63) is 34.4 Å². The fourth-order valence-corrected chi connectivity index (χ4v) is 5.35. The van der Waals surface area contributed by atoms with Gasteiger partial charge in [0.05, 0.1) is 12.2 Å². The van der Waals surface area contributed by atoms with Gasteiger partial charge in [0.15, 0.2) is 0 Å². The molecule has 0 radical (unpaired) electrons. The third kappa shape index (κ3) is 2.04. The van der Waals surface area contributed by atoms with Crippen LogP contribution in [0.1, 0.15) is 60.8 Å². The second-order valence-corrected chi connectivity index (χ2v) is 7.19. The Morgan fingerprint density at radius 2 is 1.57 bits per heavy atom. The molecule has 1 nitrogen and oxygen atoms in total. The molecule has 21 heavy (non-hydrogen) atoms. The van der Waals surface area contributed by atoms with Gasteiger partial charge in [-0.3, -0.25) is 0 Å². The standard InChI is InChI=1S/C20H24O/c1-4-5-14-8-12(2)20(13(3)9-14)15-10-16-17(11-15)19-7-6-18(16)21-19/h8-9,15-19H,6-7,10-11H2,1-3H3. The fraction of sp³-hybridized carbons (Fsp3) is 0.600. The molecule has 0 N–H and O–H groups in total. The highest BCUT2D eigenvalue weighted by atomic mass is 16.5. The van der Waals surface area contributed by atoms with Crippen molar-refractivity contribution in [3.63, 3.8) is 0 Å². The number of hydrogen-bond donors (Lipinski definition) is 0. The first kappa shape index (κ1) is 13.4. The first-order valence-corrected chi connectivity index (χ1v) is 8.36. The molecule has 4 atom stereocenters. The second kappa shape index (κ2) is 4.89. The summed E-state index contributed by atoms with van der Waals surface area (Å²) in [6.45, 7) is 6.44. The Morgan fingerprint density at radius 1 is 1.00 bits per heavy atom. The van der Waals surface area contributed by atoms with Crippen molar-refractivity contribution in [2.75, 3.05) is 0 Å². The Hall–Kier alpha value is -1.26. The van der Waals surface area contributed by atoms with Gasteiger partial charge in [0.25, 0.3) is 0 Å². The van der Waals surface area contributed by atoms with Crippen LogP contribution in [-0.4, -0.2) is 12.2 Å². The van der Waals surface area contributed by atoms with Crippen LogP contribution in [0.3, 0.4) is 0 Å². The zero-order valence-electron chi connectivity index (χ0n) is 13.3. The molecule has 2 aliphatic heterocycles. The predicted molar refractivity (Wildman–Crippen MR) is 85.3 cm³/mol. The van der Waals surface area contributed by atoms with Crippen LogP contribution in [0.15, 0.2) is 12.1 Å². The summed E-state index contributed by atoms with van der Waals surface area (Å²) < 4.78 is 6.12. The second-order valence-electron chi connectivity index (χ2n) is 7.19. The van der Waals surface area contributed by atoms with Gasteiger partial charge in [-0.15, -0.1) is 5.92 Å². The number of hydrogen-bond acceptors (Lipinski definition) is 1. The van der Waals surface area contributed by atoms with E-state index in [2.05, 4.69) is 37.8 Å². The Kier molecular flexibility index (Phi) is 3.12. The van der Waals surface area contributed by atoms with Crippen molar-refractivity contribution < 1.29 is 4.74 Å². The average Bonchev–Trinajstić information content (AvgIpc) is 3.10. The van der Waals surface area contributed by atoms with E-state index in [1.54, 1.807) is 5.56 Å². The maximum atomic E-state index is 6.12. The van der Waals surface area contributed by atoms with E-state index in [1.165, 1.54) is 36.8 Å². The van der Waals surface area contributed by atoms with Crippen LogP contribution < -0.4 is 0 Å². The summed E-state index contributed by atoms with van der Waals surface area (Å²) in [4.78, 5) is 0. The van der Waals surface area contributed by atoms with Crippen molar-refractivity contribution in [1.29, 1.82) is 0 Å². The van der Waals surface area contributed by atoms with Crippen LogP contribution in [0.4, 0.5) is 0 Å². The molecule has 0 amide bonds. The molecule has 0 spiro atoms. The van der Waals surface area contributed by atoms with Gasteiger partial charge in [0.2, 0.25) is 0 Å². The molecule has 2 bridgehead atoms. The van der Waals surface area contributed by atoms with Crippen LogP contribution in [0.25, 0.3) is 0 Å². The summed E-state index contributed by atoms with van der Waals surface area (Å²) in [5.41, 5.74) is 5.64. The highest BCUT2D eigenvalue weighted by Gasteiger charge is 2.53. The van der Waals surface area contributed by atoms with Crippen molar-refractivity contribution in [2.45, 2.75) is 64.6 Å². The molecule has 2 heterocycles. The van der Waals surface area contributed by atoms with Gasteiger partial charge in [-0.2, -0.15) is 0 Å². The van der Waals surface area contributed by atoms with Gasteiger partial charge in [0.1, 0.15) is 0 Å². The summed E-state index contributed by atoms with van der Waals surface area (Å²) in [5, 5.41) is 0. The lowest BCUT2D eigenvalue weighted by molar-refractivity contribution is 0.0797. The predicted octanol–water partition coefficient (Wildman–Crippen LogP) is 4.35. The molecular weight excluding hydrogens is 256 g/mol. The lowest BCUT2D eigenvalue weighted by Gasteiger charge is -2.19. The maximum absolute atomic E-state index is 6.12. The van der Waals surface area contributed by atoms with E-state index in [4.69, 9.17) is 4.74 Å². The van der Waals surface area contributed by atoms with Crippen molar-refractivity contribution >= 4 is 0 Å². The van der Waals surface area contributed by atoms with Gasteiger partial charge >= 0.3 is 0 Å². The van der Waals surface area contributed by atoms with Crippen molar-refractivity contribution in [1.82, 2.24) is 0 Å². The summed E-state index contributed by atoms with van der Waals surface area (Å²) in [5.74, 6) is 8.63. The van der Waals surface area contributed by atoms with E-state index < -0.39 is 0 Å². The Morgan fingerprint density at radius 3 is 2.10 bits per heavy atom. The molecule has 4 rings (SSSR count). The third-order valence-corrected chi connectivity index (χ3v) is 5.97. The molecule has 1 aromatic carbocycles. The largest absolute Gasteiger partial charge is 0.374 e. The van der Waals surface area contributed by atoms with Crippen molar-refractivity contribution in [2.24, 2.45) is 11.8 Å². The zero-order valence-corrected chi connectivity index (χ0v) is 13.3. The molecule has 3 fully saturated rings. The van der Waals surface area contributed by atoms with Crippen LogP contribution in [-0.2, 0) is 4.74 Å². The average molecular weight is 280 g/mol. The minimum atomic E-state index is 0.579. The maximum Gasteiger partial charge on any atom is 0.0612 e. The van der Waals surface area contributed by atoms with E-state index in [1.807, 2.05) is 6.92 Å². The van der Waals surface area contributed by atoms with E-state index in [-0.39, 0.29) is 0 Å². The van der Waals surface area contributed by atoms with Crippen LogP contribution in [0.5, 0.6) is 0 Å². The van der Waals surface area contributed by atoms with E-state index in [0.29, 0.717) is 12.2 Å². The van der Waals surface area contributed by atoms with E-state index in [9.17, 15) is 0 Å². The number of fused-ring (bicyclic) bond motifs is 5. The molecule has 2 saturated heterocycles. The Balaban J connectivity index is 1.64. The molecule has 1 saturated carbocycles. The summed E-state index contributed by atoms with van der Waals surface area (Å²) in [7, 11) is 0. The molecule has 1 aromatic rings.